The Kier molecular flexibility index (Phi) is 4.75. The van der Waals surface area contributed by atoms with Crippen LogP contribution in [0, 0.1) is 19.3 Å². The van der Waals surface area contributed by atoms with Gasteiger partial charge in [0.2, 0.25) is 0 Å². The zero-order valence-corrected chi connectivity index (χ0v) is 13.0. The number of aliphatic imine (C=N–C) groups is 1. The number of halogens is 1. The van der Waals surface area contributed by atoms with Crippen LogP contribution in [0.15, 0.2) is 29.4 Å². The minimum atomic E-state index is -0.764. The number of phenolic OH excluding ortho intramolecular Hbond substituents is 1. The van der Waals surface area contributed by atoms with Crippen molar-refractivity contribution >= 4 is 17.6 Å². The number of aryl methyl sites for hydroxylation is 1. The molecule has 24 heavy (non-hydrogen) atoms. The van der Waals surface area contributed by atoms with Crippen LogP contribution in [0.5, 0.6) is 5.75 Å². The third kappa shape index (κ3) is 3.15. The van der Waals surface area contributed by atoms with Crippen molar-refractivity contribution < 1.29 is 14.3 Å². The smallest absolute Gasteiger partial charge is 0.261 e. The number of nitrogens with zero attached hydrogens (tertiary/aromatic N) is 3. The number of aromatic nitrogens is 1. The fourth-order valence-corrected chi connectivity index (χ4v) is 2.17. The molecule has 8 heteroatoms. The number of nitrogens with two attached hydrogens (primary N) is 1. The monoisotopic (exact) mass is 327 g/mol. The van der Waals surface area contributed by atoms with E-state index >= 15 is 0 Å². The molecule has 0 fully saturated rings. The van der Waals surface area contributed by atoms with Crippen molar-refractivity contribution in [3.8, 4) is 16.9 Å². The molecule has 1 aromatic carbocycles. The predicted molar refractivity (Wildman–Crippen MR) is 87.3 cm³/mol. The van der Waals surface area contributed by atoms with Crippen LogP contribution in [0.1, 0.15) is 16.1 Å². The fourth-order valence-electron chi connectivity index (χ4n) is 2.17. The van der Waals surface area contributed by atoms with Gasteiger partial charge in [0.25, 0.3) is 5.91 Å². The maximum atomic E-state index is 13.6. The van der Waals surface area contributed by atoms with E-state index in [1.54, 1.807) is 6.92 Å². The number of rotatable bonds is 2. The van der Waals surface area contributed by atoms with Crippen LogP contribution in [0.25, 0.3) is 16.0 Å². The molecule has 2 rings (SSSR count). The maximum Gasteiger partial charge on any atom is 0.261 e. The maximum absolute atomic E-state index is 13.6. The molecule has 0 atom stereocenters. The first-order chi connectivity index (χ1) is 11.4. The van der Waals surface area contributed by atoms with E-state index in [4.69, 9.17) is 12.3 Å². The molecule has 4 N–H and O–H groups in total. The molecule has 2 aromatic rings. The van der Waals surface area contributed by atoms with Crippen LogP contribution in [0.2, 0.25) is 0 Å². The van der Waals surface area contributed by atoms with E-state index in [-0.39, 0.29) is 34.1 Å². The Labute approximate surface area is 137 Å². The van der Waals surface area contributed by atoms with Gasteiger partial charge in [0, 0.05) is 18.3 Å². The minimum absolute atomic E-state index is 0.0699. The normalized spacial score (nSPS) is 11.0. The van der Waals surface area contributed by atoms with Crippen LogP contribution in [0.3, 0.4) is 0 Å². The Bertz CT molecular complexity index is 887. The molecule has 0 unspecified atom stereocenters. The number of benzene rings is 1. The third-order valence-corrected chi connectivity index (χ3v) is 3.31. The molecule has 1 aromatic heterocycles. The number of carbonyl (C=O) groups excluding carboxylic acids is 1. The van der Waals surface area contributed by atoms with Gasteiger partial charge in [-0.3, -0.25) is 20.1 Å². The average Bonchev–Trinajstić information content (AvgIpc) is 2.56. The second kappa shape index (κ2) is 6.75. The Morgan fingerprint density at radius 1 is 1.50 bits per heavy atom. The first-order valence-electron chi connectivity index (χ1n) is 6.78. The Balaban J connectivity index is 2.78. The first-order valence-corrected chi connectivity index (χ1v) is 6.78. The van der Waals surface area contributed by atoms with Gasteiger partial charge in [-0.1, -0.05) is 6.07 Å². The lowest BCUT2D eigenvalue weighted by molar-refractivity contribution is 0.0974. The highest BCUT2D eigenvalue weighted by atomic mass is 19.1. The molecule has 7 nitrogen and oxygen atoms in total. The number of amides is 1. The lowest BCUT2D eigenvalue weighted by Crippen LogP contribution is -2.36. The van der Waals surface area contributed by atoms with Crippen molar-refractivity contribution in [2.24, 2.45) is 10.7 Å². The summed E-state index contributed by atoms with van der Waals surface area (Å²) in [6.45, 7) is 8.90. The summed E-state index contributed by atoms with van der Waals surface area (Å²) in [5.41, 5.74) is 6.06. The highest BCUT2D eigenvalue weighted by molar-refractivity contribution is 6.12. The quantitative estimate of drug-likeness (QED) is 0.446. The molecule has 1 heterocycles. The van der Waals surface area contributed by atoms with E-state index in [2.05, 4.69) is 20.1 Å². The van der Waals surface area contributed by atoms with Gasteiger partial charge in [-0.15, -0.1) is 0 Å². The van der Waals surface area contributed by atoms with Crippen LogP contribution in [-0.4, -0.2) is 29.0 Å². The van der Waals surface area contributed by atoms with E-state index in [0.29, 0.717) is 5.69 Å². The summed E-state index contributed by atoms with van der Waals surface area (Å²) in [6.07, 6.45) is 1.03. The SMILES string of the molecule is [C-]#[N+]c1ccc(O)c(C(=O)NC(N)=NC)c1-c1cc(F)cnc1C. The van der Waals surface area contributed by atoms with Gasteiger partial charge in [0.05, 0.1) is 18.3 Å². The van der Waals surface area contributed by atoms with Gasteiger partial charge in [0.15, 0.2) is 11.6 Å². The Morgan fingerprint density at radius 2 is 2.21 bits per heavy atom. The second-order valence-corrected chi connectivity index (χ2v) is 4.82. The predicted octanol–water partition coefficient (Wildman–Crippen LogP) is 2.13. The van der Waals surface area contributed by atoms with Gasteiger partial charge >= 0.3 is 0 Å². The lowest BCUT2D eigenvalue weighted by atomic mass is 9.95. The third-order valence-electron chi connectivity index (χ3n) is 3.31. The topological polar surface area (TPSA) is 105 Å². The summed E-state index contributed by atoms with van der Waals surface area (Å²) in [5, 5.41) is 12.4. The molecule has 1 amide bonds. The van der Waals surface area contributed by atoms with E-state index in [1.807, 2.05) is 0 Å². The Hall–Kier alpha value is -3.47. The summed E-state index contributed by atoms with van der Waals surface area (Å²) >= 11 is 0. The highest BCUT2D eigenvalue weighted by Gasteiger charge is 2.23. The zero-order chi connectivity index (χ0) is 17.9. The molecule has 0 spiro atoms. The fraction of sp³-hybridized carbons (Fsp3) is 0.125. The number of pyridine rings is 1. The molecular formula is C16H14FN5O2. The molecule has 0 aliphatic rings. The molecule has 122 valence electrons. The zero-order valence-electron chi connectivity index (χ0n) is 13.0. The number of carbonyl (C=O) groups is 1. The summed E-state index contributed by atoms with van der Waals surface area (Å²) in [4.78, 5) is 23.3. The summed E-state index contributed by atoms with van der Waals surface area (Å²) in [7, 11) is 1.38. The number of guanidine groups is 1. The van der Waals surface area contributed by atoms with Crippen LogP contribution >= 0.6 is 0 Å². The standard InChI is InChI=1S/C16H14FN5O2/c1-8-10(6-9(17)7-21-8)13-11(19-2)4-5-12(23)14(13)15(24)22-16(18)20-3/h4-7,23H,1,3H3,(H3,18,20,22,24). The van der Waals surface area contributed by atoms with Crippen LogP contribution in [0.4, 0.5) is 10.1 Å². The van der Waals surface area contributed by atoms with Crippen LogP contribution < -0.4 is 11.1 Å². The largest absolute Gasteiger partial charge is 0.507 e. The van der Waals surface area contributed by atoms with Gasteiger partial charge < -0.3 is 10.8 Å². The number of hydrogen-bond acceptors (Lipinski definition) is 4. The van der Waals surface area contributed by atoms with E-state index in [0.717, 1.165) is 12.3 Å². The number of phenols is 1. The number of nitrogens with one attached hydrogen (secondary N) is 1. The molecule has 0 aliphatic heterocycles. The molecule has 0 aliphatic carbocycles. The van der Waals surface area contributed by atoms with Crippen molar-refractivity contribution in [3.63, 3.8) is 0 Å². The van der Waals surface area contributed by atoms with Crippen molar-refractivity contribution in [2.45, 2.75) is 6.92 Å². The minimum Gasteiger partial charge on any atom is -0.507 e. The van der Waals surface area contributed by atoms with E-state index in [1.165, 1.54) is 19.2 Å². The number of hydrogen-bond donors (Lipinski definition) is 3. The van der Waals surface area contributed by atoms with E-state index < -0.39 is 11.7 Å². The summed E-state index contributed by atoms with van der Waals surface area (Å²) in [6, 6.07) is 3.71. The lowest BCUT2D eigenvalue weighted by Gasteiger charge is -2.15. The average molecular weight is 327 g/mol. The molecule has 0 radical (unpaired) electrons. The highest BCUT2D eigenvalue weighted by Crippen LogP contribution is 2.39. The van der Waals surface area contributed by atoms with Crippen molar-refractivity contribution in [1.82, 2.24) is 10.3 Å². The summed E-state index contributed by atoms with van der Waals surface area (Å²) in [5.74, 6) is -1.93. The van der Waals surface area contributed by atoms with Gasteiger partial charge in [-0.05, 0) is 24.6 Å². The second-order valence-electron chi connectivity index (χ2n) is 4.82. The van der Waals surface area contributed by atoms with Gasteiger partial charge in [-0.25, -0.2) is 9.24 Å². The van der Waals surface area contributed by atoms with Gasteiger partial charge in [-0.2, -0.15) is 0 Å². The van der Waals surface area contributed by atoms with Crippen molar-refractivity contribution in [2.75, 3.05) is 7.05 Å². The van der Waals surface area contributed by atoms with Crippen LogP contribution in [-0.2, 0) is 0 Å². The number of aromatic hydroxyl groups is 1. The summed E-state index contributed by atoms with van der Waals surface area (Å²) < 4.78 is 13.6. The first kappa shape index (κ1) is 16.9. The molecule has 0 bridgehead atoms. The molecule has 0 saturated heterocycles. The molecule has 0 saturated carbocycles. The molecular weight excluding hydrogens is 313 g/mol. The Morgan fingerprint density at radius 3 is 2.83 bits per heavy atom. The van der Waals surface area contributed by atoms with Gasteiger partial charge in [0.1, 0.15) is 11.6 Å². The van der Waals surface area contributed by atoms with Crippen molar-refractivity contribution in [3.05, 3.63) is 52.9 Å². The van der Waals surface area contributed by atoms with Crippen molar-refractivity contribution in [1.29, 1.82) is 0 Å². The van der Waals surface area contributed by atoms with E-state index in [9.17, 15) is 14.3 Å².